The number of amides is 4. The van der Waals surface area contributed by atoms with Crippen molar-refractivity contribution in [2.24, 2.45) is 11.8 Å². The monoisotopic (exact) mass is 689 g/mol. The Bertz CT molecular complexity index is 1490. The summed E-state index contributed by atoms with van der Waals surface area (Å²) in [7, 11) is 2.12. The Morgan fingerprint density at radius 3 is 2.51 bits per heavy atom. The van der Waals surface area contributed by atoms with Gasteiger partial charge in [0.1, 0.15) is 23.1 Å². The second-order valence-electron chi connectivity index (χ2n) is 14.5. The Kier molecular flexibility index (Phi) is 11.5. The van der Waals surface area contributed by atoms with E-state index >= 15 is 0 Å². The summed E-state index contributed by atoms with van der Waals surface area (Å²) < 4.78 is 6.14. The van der Waals surface area contributed by atoms with Crippen LogP contribution in [0.1, 0.15) is 68.1 Å². The first-order valence-electron chi connectivity index (χ1n) is 18.0. The molecule has 2 aromatic rings. The minimum absolute atomic E-state index is 0.228. The van der Waals surface area contributed by atoms with Gasteiger partial charge >= 0.3 is 0 Å². The first kappa shape index (κ1) is 35.3. The Morgan fingerprint density at radius 2 is 1.76 bits per heavy atom. The number of piperidine rings is 2. The van der Waals surface area contributed by atoms with Gasteiger partial charge in [0, 0.05) is 37.6 Å². The number of carbonyl (C=O) groups excluding carboxylic acids is 4. The minimum Gasteiger partial charge on any atom is -0.494 e. The Balaban J connectivity index is 1.27. The number of fused-ring (bicyclic) bond motifs is 6. The van der Waals surface area contributed by atoms with Gasteiger partial charge in [-0.05, 0) is 106 Å². The second kappa shape index (κ2) is 16.0. The molecule has 4 heterocycles. The molecule has 3 N–H and O–H groups in total. The maximum atomic E-state index is 14.3. The molecule has 2 aromatic carbocycles. The summed E-state index contributed by atoms with van der Waals surface area (Å²) in [4.78, 5) is 60.1. The van der Waals surface area contributed by atoms with Gasteiger partial charge in [-0.15, -0.1) is 0 Å². The van der Waals surface area contributed by atoms with Crippen molar-refractivity contribution in [2.45, 2.75) is 101 Å². The first-order chi connectivity index (χ1) is 23.7. The van der Waals surface area contributed by atoms with E-state index in [9.17, 15) is 19.2 Å². The molecule has 4 amide bonds. The number of rotatable bonds is 5. The van der Waals surface area contributed by atoms with Gasteiger partial charge in [-0.2, -0.15) is 12.6 Å². The minimum atomic E-state index is -1.24. The fourth-order valence-electron chi connectivity index (χ4n) is 8.08. The van der Waals surface area contributed by atoms with Gasteiger partial charge in [0.25, 0.3) is 0 Å². The van der Waals surface area contributed by atoms with Crippen LogP contribution < -0.4 is 20.7 Å². The molecule has 0 spiro atoms. The van der Waals surface area contributed by atoms with Gasteiger partial charge < -0.3 is 30.5 Å². The van der Waals surface area contributed by atoms with Crippen LogP contribution in [-0.4, -0.2) is 89.6 Å². The molecule has 11 heteroatoms. The average Bonchev–Trinajstić information content (AvgIpc) is 3.30. The lowest BCUT2D eigenvalue weighted by Gasteiger charge is -2.37. The SMILES string of the molecule is Cc1ccc2cc1CNC(=O)[C@H](CCc1ccccc1)NC(=O)[C@@H](NC(=O)C1CC3CCC(C1)N3C)C(S)C(=O)N1CCCC(CCO2)C1. The molecule has 4 aliphatic rings. The molecular formula is C38H51N5O5S. The first-order valence-corrected chi connectivity index (χ1v) is 18.5. The lowest BCUT2D eigenvalue weighted by Crippen LogP contribution is -2.61. The Hall–Kier alpha value is -3.57. The van der Waals surface area contributed by atoms with E-state index in [0.29, 0.717) is 44.6 Å². The van der Waals surface area contributed by atoms with Crippen molar-refractivity contribution in [3.8, 4) is 5.75 Å². The van der Waals surface area contributed by atoms with Crippen LogP contribution in [0, 0.1) is 18.8 Å². The molecule has 0 saturated carbocycles. The molecule has 0 aromatic heterocycles. The van der Waals surface area contributed by atoms with Crippen LogP contribution in [0.25, 0.3) is 0 Å². The smallest absolute Gasteiger partial charge is 0.244 e. The summed E-state index contributed by atoms with van der Waals surface area (Å²) in [6.07, 6.45) is 7.05. The van der Waals surface area contributed by atoms with Gasteiger partial charge in [0.05, 0.1) is 6.61 Å². The standard InChI is InChI=1S/C38H51N5O5S/c1-24-10-14-31-21-28(24)22-39-36(45)32(15-11-25-7-4-3-5-8-25)40-37(46)33(41-35(44)27-19-29-12-13-30(20-27)42(29)2)34(49)38(47)43-17-6-9-26(23-43)16-18-48-31/h3-5,7-8,10,14,21,26-27,29-30,32-34,49H,6,9,11-13,15-20,22-23H2,1-2H3,(H,39,45)(H,40,46)(H,41,44)/t26?,27?,29?,30?,32-,33-,34?/m0/s1. The third-order valence-electron chi connectivity index (χ3n) is 11.2. The second-order valence-corrected chi connectivity index (χ2v) is 15.0. The summed E-state index contributed by atoms with van der Waals surface area (Å²) in [5.41, 5.74) is 2.99. The van der Waals surface area contributed by atoms with Gasteiger partial charge in [-0.1, -0.05) is 36.4 Å². The average molecular weight is 690 g/mol. The van der Waals surface area contributed by atoms with Gasteiger partial charge in [-0.3, -0.25) is 19.2 Å². The molecular weight excluding hydrogens is 639 g/mol. The zero-order valence-corrected chi connectivity index (χ0v) is 29.6. The van der Waals surface area contributed by atoms with Crippen LogP contribution in [0.15, 0.2) is 48.5 Å². The van der Waals surface area contributed by atoms with E-state index < -0.39 is 23.2 Å². The molecule has 3 fully saturated rings. The molecule has 0 radical (unpaired) electrons. The Morgan fingerprint density at radius 1 is 1.00 bits per heavy atom. The highest BCUT2D eigenvalue weighted by atomic mass is 32.1. The van der Waals surface area contributed by atoms with Crippen molar-refractivity contribution in [3.63, 3.8) is 0 Å². The van der Waals surface area contributed by atoms with Crippen molar-refractivity contribution >= 4 is 36.3 Å². The molecule has 10 nitrogen and oxygen atoms in total. The van der Waals surface area contributed by atoms with E-state index in [4.69, 9.17) is 17.4 Å². The lowest BCUT2D eigenvalue weighted by atomic mass is 9.90. The number of aryl methyl sites for hydroxylation is 2. The van der Waals surface area contributed by atoms with E-state index in [1.165, 1.54) is 0 Å². The highest BCUT2D eigenvalue weighted by molar-refractivity contribution is 7.82. The maximum absolute atomic E-state index is 14.3. The topological polar surface area (TPSA) is 120 Å². The predicted molar refractivity (Wildman–Crippen MR) is 191 cm³/mol. The summed E-state index contributed by atoms with van der Waals surface area (Å²) in [6.45, 7) is 3.88. The van der Waals surface area contributed by atoms with Gasteiger partial charge in [0.15, 0.2) is 0 Å². The fourth-order valence-corrected chi connectivity index (χ4v) is 8.45. The third kappa shape index (κ3) is 8.60. The highest BCUT2D eigenvalue weighted by Gasteiger charge is 2.43. The van der Waals surface area contributed by atoms with Gasteiger partial charge in [0.2, 0.25) is 23.6 Å². The highest BCUT2D eigenvalue weighted by Crippen LogP contribution is 2.37. The number of thiol groups is 1. The molecule has 49 heavy (non-hydrogen) atoms. The molecule has 6 rings (SSSR count). The van der Waals surface area contributed by atoms with Crippen molar-refractivity contribution in [1.82, 2.24) is 25.8 Å². The zero-order valence-electron chi connectivity index (χ0n) is 28.7. The molecule has 0 aliphatic carbocycles. The van der Waals surface area contributed by atoms with Crippen LogP contribution in [-0.2, 0) is 32.1 Å². The number of nitrogens with one attached hydrogen (secondary N) is 3. The molecule has 4 aliphatic heterocycles. The molecule has 264 valence electrons. The molecule has 4 unspecified atom stereocenters. The number of carbonyl (C=O) groups is 4. The van der Waals surface area contributed by atoms with Crippen LogP contribution in [0.5, 0.6) is 5.75 Å². The van der Waals surface area contributed by atoms with E-state index in [-0.39, 0.29) is 36.1 Å². The van der Waals surface area contributed by atoms with Crippen LogP contribution in [0.3, 0.4) is 0 Å². The molecule has 6 bridgehead atoms. The van der Waals surface area contributed by atoms with E-state index in [1.807, 2.05) is 55.5 Å². The summed E-state index contributed by atoms with van der Waals surface area (Å²) in [6, 6.07) is 14.2. The van der Waals surface area contributed by atoms with Crippen LogP contribution in [0.4, 0.5) is 0 Å². The van der Waals surface area contributed by atoms with Crippen molar-refractivity contribution in [2.75, 3.05) is 26.7 Å². The normalized spacial score (nSPS) is 30.0. The van der Waals surface area contributed by atoms with E-state index in [2.05, 4.69) is 27.9 Å². The summed E-state index contributed by atoms with van der Waals surface area (Å²) >= 11 is 4.75. The van der Waals surface area contributed by atoms with Gasteiger partial charge in [-0.25, -0.2) is 0 Å². The molecule has 6 atom stereocenters. The van der Waals surface area contributed by atoms with Crippen LogP contribution >= 0.6 is 12.6 Å². The largest absolute Gasteiger partial charge is 0.494 e. The third-order valence-corrected chi connectivity index (χ3v) is 11.7. The Labute approximate surface area is 295 Å². The van der Waals surface area contributed by atoms with Crippen molar-refractivity contribution in [1.29, 1.82) is 0 Å². The zero-order chi connectivity index (χ0) is 34.5. The fraction of sp³-hybridized carbons (Fsp3) is 0.579. The lowest BCUT2D eigenvalue weighted by molar-refractivity contribution is -0.138. The van der Waals surface area contributed by atoms with E-state index in [1.54, 1.807) is 4.90 Å². The summed E-state index contributed by atoms with van der Waals surface area (Å²) in [5, 5.41) is 7.84. The maximum Gasteiger partial charge on any atom is 0.244 e. The quantitative estimate of drug-likeness (QED) is 0.358. The number of ether oxygens (including phenoxy) is 1. The number of hydrogen-bond acceptors (Lipinski definition) is 7. The number of benzene rings is 2. The molecule has 3 saturated heterocycles. The van der Waals surface area contributed by atoms with Crippen molar-refractivity contribution < 1.29 is 23.9 Å². The number of hydrogen-bond donors (Lipinski definition) is 4. The van der Waals surface area contributed by atoms with E-state index in [0.717, 1.165) is 67.4 Å². The van der Waals surface area contributed by atoms with Crippen LogP contribution in [0.2, 0.25) is 0 Å². The van der Waals surface area contributed by atoms with Crippen molar-refractivity contribution in [3.05, 3.63) is 65.2 Å². The predicted octanol–water partition coefficient (Wildman–Crippen LogP) is 3.41. The summed E-state index contributed by atoms with van der Waals surface area (Å²) in [5.74, 6) is -0.691. The number of nitrogens with zero attached hydrogens (tertiary/aromatic N) is 2.